The molecule has 1 aliphatic rings. The number of aliphatic hydroxyl groups excluding tert-OH is 1. The number of hydrogen-bond donors (Lipinski definition) is 2. The molecule has 0 radical (unpaired) electrons. The maximum atomic E-state index is 12.9. The summed E-state index contributed by atoms with van der Waals surface area (Å²) in [5.41, 5.74) is 2.01. The molecule has 138 valence electrons. The van der Waals surface area contributed by atoms with Crippen LogP contribution in [0.3, 0.4) is 0 Å². The summed E-state index contributed by atoms with van der Waals surface area (Å²) in [4.78, 5) is 28.6. The van der Waals surface area contributed by atoms with Crippen LogP contribution in [0.1, 0.15) is 16.1 Å². The Hall–Kier alpha value is -3.19. The molecule has 2 aromatic carbocycles. The summed E-state index contributed by atoms with van der Waals surface area (Å²) in [6, 6.07) is 16.9. The van der Waals surface area contributed by atoms with Gasteiger partial charge in [-0.3, -0.25) is 14.7 Å². The Kier molecular flexibility index (Phi) is 4.60. The van der Waals surface area contributed by atoms with Gasteiger partial charge in [0, 0.05) is 25.0 Å². The number of amides is 2. The van der Waals surface area contributed by atoms with E-state index < -0.39 is 6.10 Å². The van der Waals surface area contributed by atoms with Gasteiger partial charge in [-0.15, -0.1) is 0 Å². The van der Waals surface area contributed by atoms with Gasteiger partial charge in [0.2, 0.25) is 5.91 Å². The van der Waals surface area contributed by atoms with E-state index in [0.29, 0.717) is 11.9 Å². The summed E-state index contributed by atoms with van der Waals surface area (Å²) in [5.74, 6) is -0.551. The summed E-state index contributed by atoms with van der Waals surface area (Å²) < 4.78 is 0. The highest BCUT2D eigenvalue weighted by Gasteiger charge is 2.31. The van der Waals surface area contributed by atoms with Crippen molar-refractivity contribution in [3.8, 4) is 0 Å². The fourth-order valence-electron chi connectivity index (χ4n) is 3.38. The molecule has 3 aromatic rings. The smallest absolute Gasteiger partial charge is 0.275 e. The molecular weight excluding hydrogens is 344 g/mol. The van der Waals surface area contributed by atoms with Gasteiger partial charge in [-0.05, 0) is 11.6 Å². The number of benzene rings is 2. The fraction of sp³-hybridized carbons (Fsp3) is 0.250. The van der Waals surface area contributed by atoms with Crippen LogP contribution in [0.15, 0.2) is 54.6 Å². The molecule has 4 rings (SSSR count). The lowest BCUT2D eigenvalue weighted by Crippen LogP contribution is -2.39. The Labute approximate surface area is 156 Å². The van der Waals surface area contributed by atoms with E-state index in [9.17, 15) is 14.7 Å². The van der Waals surface area contributed by atoms with Gasteiger partial charge in [-0.2, -0.15) is 5.10 Å². The third kappa shape index (κ3) is 3.54. The third-order valence-electron chi connectivity index (χ3n) is 4.72. The molecule has 1 atom stereocenters. The average molecular weight is 364 g/mol. The molecule has 0 aliphatic carbocycles. The number of H-pyrrole nitrogens is 1. The minimum Gasteiger partial charge on any atom is -0.389 e. The van der Waals surface area contributed by atoms with E-state index in [-0.39, 0.29) is 37.1 Å². The lowest BCUT2D eigenvalue weighted by molar-refractivity contribution is -0.131. The Balaban J connectivity index is 1.54. The van der Waals surface area contributed by atoms with Gasteiger partial charge in [0.15, 0.2) is 5.69 Å². The summed E-state index contributed by atoms with van der Waals surface area (Å²) in [6.45, 7) is 0.615. The monoisotopic (exact) mass is 364 g/mol. The van der Waals surface area contributed by atoms with Crippen molar-refractivity contribution in [2.75, 3.05) is 19.6 Å². The maximum absolute atomic E-state index is 12.9. The number of β-amino-alcohol motifs (C(OH)–C–C–N with tert-alkyl or cyclic N) is 1. The second-order valence-corrected chi connectivity index (χ2v) is 6.72. The van der Waals surface area contributed by atoms with Gasteiger partial charge in [-0.25, -0.2) is 0 Å². The van der Waals surface area contributed by atoms with Crippen molar-refractivity contribution in [2.24, 2.45) is 0 Å². The zero-order valence-corrected chi connectivity index (χ0v) is 14.7. The maximum Gasteiger partial charge on any atom is 0.275 e. The topological polar surface area (TPSA) is 89.5 Å². The number of hydrogen-bond acceptors (Lipinski definition) is 4. The van der Waals surface area contributed by atoms with Crippen molar-refractivity contribution < 1.29 is 14.7 Å². The van der Waals surface area contributed by atoms with E-state index in [1.807, 2.05) is 54.6 Å². The minimum absolute atomic E-state index is 0.0795. The first-order valence-corrected chi connectivity index (χ1v) is 8.84. The predicted molar refractivity (Wildman–Crippen MR) is 99.9 cm³/mol. The van der Waals surface area contributed by atoms with Crippen molar-refractivity contribution in [1.82, 2.24) is 20.0 Å². The van der Waals surface area contributed by atoms with Crippen LogP contribution >= 0.6 is 0 Å². The number of fused-ring (bicyclic) bond motifs is 1. The molecule has 1 aliphatic heterocycles. The molecule has 2 N–H and O–H groups in total. The van der Waals surface area contributed by atoms with Gasteiger partial charge in [0.1, 0.15) is 6.54 Å². The largest absolute Gasteiger partial charge is 0.389 e. The van der Waals surface area contributed by atoms with E-state index in [2.05, 4.69) is 10.2 Å². The van der Waals surface area contributed by atoms with Crippen molar-refractivity contribution in [1.29, 1.82) is 0 Å². The van der Waals surface area contributed by atoms with Crippen LogP contribution in [0.2, 0.25) is 0 Å². The first kappa shape index (κ1) is 17.2. The van der Waals surface area contributed by atoms with Crippen LogP contribution in [-0.4, -0.2) is 62.7 Å². The van der Waals surface area contributed by atoms with E-state index in [4.69, 9.17) is 0 Å². The van der Waals surface area contributed by atoms with Gasteiger partial charge < -0.3 is 14.9 Å². The van der Waals surface area contributed by atoms with E-state index >= 15 is 0 Å². The fourth-order valence-corrected chi connectivity index (χ4v) is 3.38. The molecule has 2 amide bonds. The van der Waals surface area contributed by atoms with E-state index in [1.165, 1.54) is 4.90 Å². The quantitative estimate of drug-likeness (QED) is 0.735. The van der Waals surface area contributed by atoms with Gasteiger partial charge in [0.05, 0.1) is 11.6 Å². The molecule has 0 saturated carbocycles. The molecular formula is C20H20N4O3. The lowest BCUT2D eigenvalue weighted by Gasteiger charge is -2.21. The third-order valence-corrected chi connectivity index (χ3v) is 4.72. The first-order chi connectivity index (χ1) is 13.1. The Bertz CT molecular complexity index is 970. The van der Waals surface area contributed by atoms with Crippen LogP contribution in [-0.2, 0) is 11.3 Å². The zero-order valence-electron chi connectivity index (χ0n) is 14.7. The van der Waals surface area contributed by atoms with Gasteiger partial charge >= 0.3 is 0 Å². The number of rotatable bonds is 3. The molecule has 0 spiro atoms. The molecule has 1 fully saturated rings. The Morgan fingerprint density at radius 3 is 2.67 bits per heavy atom. The number of aromatic amines is 1. The number of para-hydroxylation sites is 1. The second kappa shape index (κ2) is 7.20. The molecule has 1 unspecified atom stereocenters. The molecule has 1 aromatic heterocycles. The number of nitrogens with zero attached hydrogens (tertiary/aromatic N) is 3. The van der Waals surface area contributed by atoms with Crippen molar-refractivity contribution >= 4 is 22.7 Å². The summed E-state index contributed by atoms with van der Waals surface area (Å²) >= 11 is 0. The highest BCUT2D eigenvalue weighted by Crippen LogP contribution is 2.18. The van der Waals surface area contributed by atoms with Crippen molar-refractivity contribution in [2.45, 2.75) is 12.6 Å². The van der Waals surface area contributed by atoms with E-state index in [1.54, 1.807) is 4.90 Å². The summed E-state index contributed by atoms with van der Waals surface area (Å²) in [6.07, 6.45) is -0.811. The van der Waals surface area contributed by atoms with Crippen molar-refractivity contribution in [3.05, 3.63) is 65.9 Å². The SMILES string of the molecule is O=C1CN(C(=O)c2n[nH]c3ccccc23)CC(O)CN1Cc1ccccc1. The number of aliphatic hydroxyl groups is 1. The lowest BCUT2D eigenvalue weighted by atomic mass is 10.2. The average Bonchev–Trinajstić information content (AvgIpc) is 3.05. The van der Waals surface area contributed by atoms with Crippen LogP contribution < -0.4 is 0 Å². The molecule has 7 heteroatoms. The van der Waals surface area contributed by atoms with Crippen LogP contribution in [0.25, 0.3) is 10.9 Å². The summed E-state index contributed by atoms with van der Waals surface area (Å²) in [7, 11) is 0. The molecule has 7 nitrogen and oxygen atoms in total. The van der Waals surface area contributed by atoms with Crippen LogP contribution in [0, 0.1) is 0 Å². The highest BCUT2D eigenvalue weighted by atomic mass is 16.3. The summed E-state index contributed by atoms with van der Waals surface area (Å²) in [5, 5.41) is 18.0. The van der Waals surface area contributed by atoms with Crippen LogP contribution in [0.5, 0.6) is 0 Å². The highest BCUT2D eigenvalue weighted by molar-refractivity contribution is 6.05. The van der Waals surface area contributed by atoms with Gasteiger partial charge in [0.25, 0.3) is 5.91 Å². The Morgan fingerprint density at radius 2 is 1.85 bits per heavy atom. The van der Waals surface area contributed by atoms with Crippen LogP contribution in [0.4, 0.5) is 0 Å². The molecule has 0 bridgehead atoms. The normalized spacial score (nSPS) is 18.0. The number of carbonyl (C=O) groups excluding carboxylic acids is 2. The minimum atomic E-state index is -0.811. The molecule has 1 saturated heterocycles. The second-order valence-electron chi connectivity index (χ2n) is 6.72. The number of nitrogens with one attached hydrogen (secondary N) is 1. The predicted octanol–water partition coefficient (Wildman–Crippen LogP) is 1.41. The standard InChI is InChI=1S/C20H20N4O3/c25-15-11-23(10-14-6-2-1-3-7-14)18(26)13-24(12-15)20(27)19-16-8-4-5-9-17(16)21-22-19/h1-9,15,25H,10-13H2,(H,21,22). The molecule has 27 heavy (non-hydrogen) atoms. The van der Waals surface area contributed by atoms with E-state index in [0.717, 1.165) is 11.1 Å². The Morgan fingerprint density at radius 1 is 1.11 bits per heavy atom. The number of carbonyl (C=O) groups is 2. The molecule has 2 heterocycles. The zero-order chi connectivity index (χ0) is 18.8. The van der Waals surface area contributed by atoms with Crippen molar-refractivity contribution in [3.63, 3.8) is 0 Å². The van der Waals surface area contributed by atoms with Gasteiger partial charge in [-0.1, -0.05) is 48.5 Å². The first-order valence-electron chi connectivity index (χ1n) is 8.84. The number of aromatic nitrogens is 2.